The van der Waals surface area contributed by atoms with Crippen molar-refractivity contribution in [3.63, 3.8) is 0 Å². The predicted octanol–water partition coefficient (Wildman–Crippen LogP) is 0.662. The van der Waals surface area contributed by atoms with Crippen molar-refractivity contribution in [1.82, 2.24) is 10.0 Å². The Bertz CT molecular complexity index is 613. The Balaban J connectivity index is 1.85. The smallest absolute Gasteiger partial charge is 0.306 e. The summed E-state index contributed by atoms with van der Waals surface area (Å²) in [5.74, 6) is -0.746. The van der Waals surface area contributed by atoms with Gasteiger partial charge in [0.2, 0.25) is 10.0 Å². The third-order valence-corrected chi connectivity index (χ3v) is 4.60. The Morgan fingerprint density at radius 2 is 2.10 bits per heavy atom. The van der Waals surface area contributed by atoms with Crippen molar-refractivity contribution >= 4 is 16.0 Å². The molecule has 1 aliphatic rings. The number of hydrogen-bond donors (Lipinski definition) is 2. The van der Waals surface area contributed by atoms with Gasteiger partial charge in [-0.1, -0.05) is 18.2 Å². The van der Waals surface area contributed by atoms with Crippen LogP contribution in [0.1, 0.15) is 30.0 Å². The Morgan fingerprint density at radius 3 is 2.86 bits per heavy atom. The topological polar surface area (TPSA) is 84.5 Å². The fourth-order valence-electron chi connectivity index (χ4n) is 2.17. The number of rotatable bonds is 7. The Labute approximate surface area is 124 Å². The maximum absolute atomic E-state index is 11.8. The van der Waals surface area contributed by atoms with E-state index in [1.807, 2.05) is 18.2 Å². The van der Waals surface area contributed by atoms with Gasteiger partial charge in [0.1, 0.15) is 0 Å². The molecule has 2 N–H and O–H groups in total. The summed E-state index contributed by atoms with van der Waals surface area (Å²) in [6, 6.07) is 5.93. The zero-order valence-electron chi connectivity index (χ0n) is 12.0. The highest BCUT2D eigenvalue weighted by Crippen LogP contribution is 2.17. The van der Waals surface area contributed by atoms with Crippen molar-refractivity contribution in [2.45, 2.75) is 33.0 Å². The van der Waals surface area contributed by atoms with Crippen LogP contribution in [0, 0.1) is 0 Å². The molecule has 2 rings (SSSR count). The first-order valence-electron chi connectivity index (χ1n) is 6.94. The molecule has 6 nitrogen and oxygen atoms in total. The van der Waals surface area contributed by atoms with Crippen molar-refractivity contribution in [2.75, 3.05) is 12.4 Å². The molecule has 0 radical (unpaired) electrons. The van der Waals surface area contributed by atoms with E-state index in [0.29, 0.717) is 0 Å². The van der Waals surface area contributed by atoms with Crippen LogP contribution in [0.15, 0.2) is 18.2 Å². The van der Waals surface area contributed by atoms with E-state index in [-0.39, 0.29) is 25.3 Å². The van der Waals surface area contributed by atoms with Gasteiger partial charge in [0.15, 0.2) is 0 Å². The lowest BCUT2D eigenvalue weighted by atomic mass is 10.1. The maximum atomic E-state index is 11.8. The molecule has 0 aromatic heterocycles. The highest BCUT2D eigenvalue weighted by Gasteiger charge is 2.15. The SMILES string of the molecule is CCOC(=O)CCS(=O)(=O)NCc1ccc2c(c1)CNC2. The first-order chi connectivity index (χ1) is 10.00. The number of benzene rings is 1. The van der Waals surface area contributed by atoms with Gasteiger partial charge in [0.05, 0.1) is 18.8 Å². The number of ether oxygens (including phenoxy) is 1. The minimum Gasteiger partial charge on any atom is -0.466 e. The zero-order valence-corrected chi connectivity index (χ0v) is 12.8. The molecule has 1 aromatic rings. The van der Waals surface area contributed by atoms with Crippen LogP contribution in [0.5, 0.6) is 0 Å². The highest BCUT2D eigenvalue weighted by atomic mass is 32.2. The summed E-state index contributed by atoms with van der Waals surface area (Å²) in [5, 5.41) is 3.24. The van der Waals surface area contributed by atoms with Crippen molar-refractivity contribution in [3.8, 4) is 0 Å². The summed E-state index contributed by atoms with van der Waals surface area (Å²) in [6.45, 7) is 3.86. The number of carbonyl (C=O) groups excluding carboxylic acids is 1. The van der Waals surface area contributed by atoms with E-state index in [4.69, 9.17) is 4.74 Å². The largest absolute Gasteiger partial charge is 0.466 e. The molecule has 0 saturated heterocycles. The Morgan fingerprint density at radius 1 is 1.33 bits per heavy atom. The van der Waals surface area contributed by atoms with Crippen LogP contribution in [-0.2, 0) is 39.2 Å². The van der Waals surface area contributed by atoms with Gasteiger partial charge >= 0.3 is 5.97 Å². The molecule has 0 fully saturated rings. The van der Waals surface area contributed by atoms with E-state index in [1.54, 1.807) is 6.92 Å². The lowest BCUT2D eigenvalue weighted by Gasteiger charge is -2.08. The van der Waals surface area contributed by atoms with Crippen molar-refractivity contribution < 1.29 is 17.9 Å². The number of hydrogen-bond acceptors (Lipinski definition) is 5. The van der Waals surface area contributed by atoms with E-state index in [0.717, 1.165) is 18.7 Å². The van der Waals surface area contributed by atoms with Gasteiger partial charge in [-0.2, -0.15) is 0 Å². The first-order valence-corrected chi connectivity index (χ1v) is 8.60. The maximum Gasteiger partial charge on any atom is 0.306 e. The minimum atomic E-state index is -3.47. The van der Waals surface area contributed by atoms with Crippen LogP contribution in [0.2, 0.25) is 0 Å². The van der Waals surface area contributed by atoms with Crippen molar-refractivity contribution in [2.24, 2.45) is 0 Å². The summed E-state index contributed by atoms with van der Waals surface area (Å²) < 4.78 is 30.9. The van der Waals surface area contributed by atoms with Gasteiger partial charge in [-0.25, -0.2) is 13.1 Å². The van der Waals surface area contributed by atoms with E-state index in [1.165, 1.54) is 11.1 Å². The number of nitrogens with one attached hydrogen (secondary N) is 2. The molecular formula is C14H20N2O4S. The average Bonchev–Trinajstić information content (AvgIpc) is 2.91. The summed E-state index contributed by atoms with van der Waals surface area (Å²) in [4.78, 5) is 11.2. The van der Waals surface area contributed by atoms with Gasteiger partial charge in [-0.05, 0) is 23.6 Å². The molecule has 0 saturated carbocycles. The molecule has 21 heavy (non-hydrogen) atoms. The highest BCUT2D eigenvalue weighted by molar-refractivity contribution is 7.89. The van der Waals surface area contributed by atoms with Gasteiger partial charge in [0, 0.05) is 19.6 Å². The molecule has 1 aliphatic heterocycles. The van der Waals surface area contributed by atoms with Crippen LogP contribution in [-0.4, -0.2) is 26.7 Å². The molecule has 0 atom stereocenters. The molecule has 0 spiro atoms. The van der Waals surface area contributed by atoms with Gasteiger partial charge in [-0.15, -0.1) is 0 Å². The quantitative estimate of drug-likeness (QED) is 0.723. The van der Waals surface area contributed by atoms with Gasteiger partial charge in [-0.3, -0.25) is 4.79 Å². The molecule has 0 amide bonds. The Kier molecular flexibility index (Phi) is 5.33. The van der Waals surface area contributed by atoms with Crippen molar-refractivity contribution in [1.29, 1.82) is 0 Å². The molecule has 116 valence electrons. The summed E-state index contributed by atoms with van der Waals surface area (Å²) in [6.07, 6.45) is -0.128. The summed E-state index contributed by atoms with van der Waals surface area (Å²) >= 11 is 0. The fourth-order valence-corrected chi connectivity index (χ4v) is 3.14. The predicted molar refractivity (Wildman–Crippen MR) is 78.9 cm³/mol. The lowest BCUT2D eigenvalue weighted by Crippen LogP contribution is -2.27. The van der Waals surface area contributed by atoms with E-state index in [9.17, 15) is 13.2 Å². The fraction of sp³-hybridized carbons (Fsp3) is 0.500. The number of fused-ring (bicyclic) bond motifs is 1. The van der Waals surface area contributed by atoms with Crippen LogP contribution in [0.3, 0.4) is 0 Å². The molecule has 7 heteroatoms. The third kappa shape index (κ3) is 4.80. The zero-order chi connectivity index (χ0) is 15.3. The average molecular weight is 312 g/mol. The molecule has 0 unspecified atom stereocenters. The molecule has 0 bridgehead atoms. The lowest BCUT2D eigenvalue weighted by molar-refractivity contribution is -0.142. The van der Waals surface area contributed by atoms with Crippen LogP contribution in [0.25, 0.3) is 0 Å². The Hall–Kier alpha value is -1.44. The van der Waals surface area contributed by atoms with Crippen LogP contribution in [0.4, 0.5) is 0 Å². The number of sulfonamides is 1. The molecular weight excluding hydrogens is 292 g/mol. The molecule has 1 heterocycles. The summed E-state index contributed by atoms with van der Waals surface area (Å²) in [5.41, 5.74) is 3.37. The van der Waals surface area contributed by atoms with E-state index >= 15 is 0 Å². The molecule has 1 aromatic carbocycles. The number of carbonyl (C=O) groups is 1. The second kappa shape index (κ2) is 7.02. The second-order valence-electron chi connectivity index (χ2n) is 4.90. The summed E-state index contributed by atoms with van der Waals surface area (Å²) in [7, 11) is -3.47. The monoisotopic (exact) mass is 312 g/mol. The van der Waals surface area contributed by atoms with Gasteiger partial charge in [0.25, 0.3) is 0 Å². The van der Waals surface area contributed by atoms with E-state index in [2.05, 4.69) is 10.0 Å². The second-order valence-corrected chi connectivity index (χ2v) is 6.83. The first kappa shape index (κ1) is 15.9. The van der Waals surface area contributed by atoms with Gasteiger partial charge < -0.3 is 10.1 Å². The molecule has 0 aliphatic carbocycles. The van der Waals surface area contributed by atoms with Crippen LogP contribution >= 0.6 is 0 Å². The number of esters is 1. The van der Waals surface area contributed by atoms with E-state index < -0.39 is 16.0 Å². The van der Waals surface area contributed by atoms with Crippen LogP contribution < -0.4 is 10.0 Å². The third-order valence-electron chi connectivity index (χ3n) is 3.28. The standard InChI is InChI=1S/C14H20N2O4S/c1-2-20-14(17)5-6-21(18,19)16-8-11-3-4-12-9-15-10-13(12)7-11/h3-4,7,15-16H,2,5-6,8-10H2,1H3. The normalized spacial score (nSPS) is 14.0. The minimum absolute atomic E-state index is 0.128. The van der Waals surface area contributed by atoms with Crippen molar-refractivity contribution in [3.05, 3.63) is 34.9 Å².